The summed E-state index contributed by atoms with van der Waals surface area (Å²) in [5.74, 6) is 0. The van der Waals surface area contributed by atoms with Crippen LogP contribution in [0.4, 0.5) is 4.79 Å². The topological polar surface area (TPSA) is 49.8 Å². The summed E-state index contributed by atoms with van der Waals surface area (Å²) in [7, 11) is 1.39. The van der Waals surface area contributed by atoms with Crippen molar-refractivity contribution in [2.24, 2.45) is 5.41 Å². The second-order valence-corrected chi connectivity index (χ2v) is 4.70. The van der Waals surface area contributed by atoms with Crippen molar-refractivity contribution in [2.75, 3.05) is 20.2 Å². The van der Waals surface area contributed by atoms with Gasteiger partial charge in [-0.15, -0.1) is 0 Å². The summed E-state index contributed by atoms with van der Waals surface area (Å²) in [4.78, 5) is 13.0. The van der Waals surface area contributed by atoms with E-state index in [4.69, 9.17) is 0 Å². The standard InChI is InChI=1S/C10H19NO3/c1-10(2)6-8(12)4-5-11(7-10)9(13)14-3/h8,12H,4-7H2,1-3H3. The zero-order valence-electron chi connectivity index (χ0n) is 9.12. The maximum atomic E-state index is 11.3. The molecule has 1 aliphatic rings. The molecule has 1 N–H and O–H groups in total. The van der Waals surface area contributed by atoms with Gasteiger partial charge in [0, 0.05) is 13.1 Å². The Bertz CT molecular complexity index is 215. The Morgan fingerprint density at radius 1 is 1.57 bits per heavy atom. The smallest absolute Gasteiger partial charge is 0.409 e. The molecule has 0 saturated carbocycles. The minimum Gasteiger partial charge on any atom is -0.453 e. The van der Waals surface area contributed by atoms with Gasteiger partial charge in [0.15, 0.2) is 0 Å². The maximum absolute atomic E-state index is 11.3. The Labute approximate surface area is 84.8 Å². The van der Waals surface area contributed by atoms with E-state index in [0.717, 1.165) is 6.42 Å². The SMILES string of the molecule is COC(=O)N1CCC(O)CC(C)(C)C1. The Kier molecular flexibility index (Phi) is 3.37. The predicted octanol–water partition coefficient (Wildman–Crippen LogP) is 1.24. The van der Waals surface area contributed by atoms with Gasteiger partial charge in [-0.2, -0.15) is 0 Å². The summed E-state index contributed by atoms with van der Waals surface area (Å²) in [6.45, 7) is 5.34. The molecule has 1 saturated heterocycles. The van der Waals surface area contributed by atoms with Gasteiger partial charge in [-0.05, 0) is 18.3 Å². The lowest BCUT2D eigenvalue weighted by Crippen LogP contribution is -2.37. The van der Waals surface area contributed by atoms with E-state index in [0.29, 0.717) is 19.5 Å². The normalized spacial score (nSPS) is 26.9. The number of methoxy groups -OCH3 is 1. The second-order valence-electron chi connectivity index (χ2n) is 4.70. The van der Waals surface area contributed by atoms with E-state index in [-0.39, 0.29) is 17.6 Å². The van der Waals surface area contributed by atoms with Crippen LogP contribution >= 0.6 is 0 Å². The molecule has 82 valence electrons. The van der Waals surface area contributed by atoms with E-state index in [1.54, 1.807) is 4.90 Å². The highest BCUT2D eigenvalue weighted by atomic mass is 16.5. The number of aliphatic hydroxyl groups excluding tert-OH is 1. The van der Waals surface area contributed by atoms with Crippen LogP contribution in [0.25, 0.3) is 0 Å². The second kappa shape index (κ2) is 4.17. The molecule has 1 fully saturated rings. The molecule has 4 heteroatoms. The molecular weight excluding hydrogens is 182 g/mol. The van der Waals surface area contributed by atoms with Crippen molar-refractivity contribution >= 4 is 6.09 Å². The molecule has 1 rings (SSSR count). The molecule has 0 radical (unpaired) electrons. The van der Waals surface area contributed by atoms with Gasteiger partial charge in [-0.3, -0.25) is 0 Å². The molecule has 0 aromatic rings. The van der Waals surface area contributed by atoms with Gasteiger partial charge >= 0.3 is 6.09 Å². The molecular formula is C10H19NO3. The summed E-state index contributed by atoms with van der Waals surface area (Å²) in [6.07, 6.45) is 0.769. The molecule has 1 aliphatic heterocycles. The third-order valence-electron chi connectivity index (χ3n) is 2.57. The van der Waals surface area contributed by atoms with Crippen LogP contribution in [0.3, 0.4) is 0 Å². The van der Waals surface area contributed by atoms with Crippen LogP contribution in [0.1, 0.15) is 26.7 Å². The molecule has 14 heavy (non-hydrogen) atoms. The largest absolute Gasteiger partial charge is 0.453 e. The van der Waals surface area contributed by atoms with Gasteiger partial charge in [-0.1, -0.05) is 13.8 Å². The molecule has 1 heterocycles. The van der Waals surface area contributed by atoms with Gasteiger partial charge in [0.05, 0.1) is 13.2 Å². The van der Waals surface area contributed by atoms with Crippen molar-refractivity contribution in [1.82, 2.24) is 4.90 Å². The van der Waals surface area contributed by atoms with Gasteiger partial charge in [0.2, 0.25) is 0 Å². The van der Waals surface area contributed by atoms with Crippen LogP contribution in [-0.4, -0.2) is 42.4 Å². The highest BCUT2D eigenvalue weighted by Gasteiger charge is 2.31. The third kappa shape index (κ3) is 2.87. The van der Waals surface area contributed by atoms with Crippen LogP contribution in [-0.2, 0) is 4.74 Å². The maximum Gasteiger partial charge on any atom is 0.409 e. The van der Waals surface area contributed by atoms with Crippen molar-refractivity contribution < 1.29 is 14.6 Å². The fourth-order valence-corrected chi connectivity index (χ4v) is 1.99. The summed E-state index contributed by atoms with van der Waals surface area (Å²) in [5.41, 5.74) is -0.0376. The Morgan fingerprint density at radius 2 is 2.21 bits per heavy atom. The Hall–Kier alpha value is -0.770. The van der Waals surface area contributed by atoms with E-state index in [1.165, 1.54) is 7.11 Å². The lowest BCUT2D eigenvalue weighted by atomic mass is 9.87. The first-order valence-corrected chi connectivity index (χ1v) is 4.95. The average molecular weight is 201 g/mol. The molecule has 1 amide bonds. The number of carbonyl (C=O) groups is 1. The number of likely N-dealkylation sites (tertiary alicyclic amines) is 1. The van der Waals surface area contributed by atoms with E-state index < -0.39 is 0 Å². The molecule has 4 nitrogen and oxygen atoms in total. The van der Waals surface area contributed by atoms with E-state index in [9.17, 15) is 9.90 Å². The first kappa shape index (κ1) is 11.3. The van der Waals surface area contributed by atoms with Crippen LogP contribution in [0.2, 0.25) is 0 Å². The lowest BCUT2D eigenvalue weighted by molar-refractivity contribution is 0.107. The van der Waals surface area contributed by atoms with E-state index >= 15 is 0 Å². The highest BCUT2D eigenvalue weighted by Crippen LogP contribution is 2.28. The van der Waals surface area contributed by atoms with Crippen LogP contribution in [0, 0.1) is 5.41 Å². The molecule has 0 bridgehead atoms. The van der Waals surface area contributed by atoms with Crippen LogP contribution in [0.15, 0.2) is 0 Å². The van der Waals surface area contributed by atoms with Gasteiger partial charge in [0.1, 0.15) is 0 Å². The van der Waals surface area contributed by atoms with Gasteiger partial charge < -0.3 is 14.7 Å². The number of hydrogen-bond acceptors (Lipinski definition) is 3. The van der Waals surface area contributed by atoms with Crippen molar-refractivity contribution in [3.63, 3.8) is 0 Å². The number of ether oxygens (including phenoxy) is 1. The number of hydrogen-bond donors (Lipinski definition) is 1. The quantitative estimate of drug-likeness (QED) is 0.641. The zero-order valence-corrected chi connectivity index (χ0v) is 9.12. The number of nitrogens with zero attached hydrogens (tertiary/aromatic N) is 1. The molecule has 0 aliphatic carbocycles. The first-order valence-electron chi connectivity index (χ1n) is 4.95. The Balaban J connectivity index is 2.67. The summed E-state index contributed by atoms with van der Waals surface area (Å²) in [5, 5.41) is 9.62. The molecule has 0 aromatic heterocycles. The average Bonchev–Trinajstić information content (AvgIpc) is 2.22. The van der Waals surface area contributed by atoms with Crippen molar-refractivity contribution in [3.8, 4) is 0 Å². The fraction of sp³-hybridized carbons (Fsp3) is 0.900. The van der Waals surface area contributed by atoms with Gasteiger partial charge in [-0.25, -0.2) is 4.79 Å². The van der Waals surface area contributed by atoms with E-state index in [2.05, 4.69) is 18.6 Å². The number of aliphatic hydroxyl groups is 1. The van der Waals surface area contributed by atoms with E-state index in [1.807, 2.05) is 0 Å². The molecule has 1 atom stereocenters. The number of carbonyl (C=O) groups excluding carboxylic acids is 1. The minimum atomic E-state index is -0.306. The Morgan fingerprint density at radius 3 is 2.79 bits per heavy atom. The number of rotatable bonds is 0. The zero-order chi connectivity index (χ0) is 10.8. The van der Waals surface area contributed by atoms with Crippen molar-refractivity contribution in [1.29, 1.82) is 0 Å². The molecule has 0 aromatic carbocycles. The van der Waals surface area contributed by atoms with Crippen LogP contribution in [0.5, 0.6) is 0 Å². The molecule has 1 unspecified atom stereocenters. The minimum absolute atomic E-state index is 0.0376. The molecule has 0 spiro atoms. The monoisotopic (exact) mass is 201 g/mol. The predicted molar refractivity (Wildman–Crippen MR) is 53.0 cm³/mol. The summed E-state index contributed by atoms with van der Waals surface area (Å²) >= 11 is 0. The van der Waals surface area contributed by atoms with Gasteiger partial charge in [0.25, 0.3) is 0 Å². The van der Waals surface area contributed by atoms with Crippen LogP contribution < -0.4 is 0 Å². The first-order chi connectivity index (χ1) is 6.44. The van der Waals surface area contributed by atoms with Crippen molar-refractivity contribution in [3.05, 3.63) is 0 Å². The number of amides is 1. The highest BCUT2D eigenvalue weighted by molar-refractivity contribution is 5.67. The third-order valence-corrected chi connectivity index (χ3v) is 2.57. The summed E-state index contributed by atoms with van der Waals surface area (Å²) in [6, 6.07) is 0. The fourth-order valence-electron chi connectivity index (χ4n) is 1.99. The lowest BCUT2D eigenvalue weighted by Gasteiger charge is -2.28. The summed E-state index contributed by atoms with van der Waals surface area (Å²) < 4.78 is 4.68. The van der Waals surface area contributed by atoms with Crippen molar-refractivity contribution in [2.45, 2.75) is 32.8 Å².